The topological polar surface area (TPSA) is 43.5 Å². The van der Waals surface area contributed by atoms with Gasteiger partial charge in [0.25, 0.3) is 0 Å². The minimum atomic E-state index is 0.382. The van der Waals surface area contributed by atoms with E-state index in [1.165, 1.54) is 19.3 Å². The molecule has 2 heterocycles. The second-order valence-electron chi connectivity index (χ2n) is 10.1. The molecule has 6 fully saturated rings. The number of ether oxygens (including phenoxy) is 4. The number of hydrogen-bond acceptors (Lipinski definition) is 4. The summed E-state index contributed by atoms with van der Waals surface area (Å²) in [5.74, 6) is 8.43. The molecule has 0 aromatic carbocycles. The Bertz CT molecular complexity index is 530. The van der Waals surface area contributed by atoms with E-state index in [9.17, 15) is 0 Å². The van der Waals surface area contributed by atoms with E-state index in [0.717, 1.165) is 81.1 Å². The van der Waals surface area contributed by atoms with Crippen molar-refractivity contribution in [1.29, 1.82) is 0 Å². The molecule has 0 aromatic rings. The predicted molar refractivity (Wildman–Crippen MR) is 96.7 cm³/mol. The third kappa shape index (κ3) is 2.70. The van der Waals surface area contributed by atoms with E-state index in [2.05, 4.69) is 6.92 Å². The van der Waals surface area contributed by atoms with Crippen LogP contribution in [0.1, 0.15) is 32.6 Å². The zero-order valence-corrected chi connectivity index (χ0v) is 16.1. The molecule has 0 N–H and O–H groups in total. The summed E-state index contributed by atoms with van der Waals surface area (Å²) in [5, 5.41) is 0. The fourth-order valence-electron chi connectivity index (χ4n) is 8.03. The van der Waals surface area contributed by atoms with Crippen LogP contribution in [0.5, 0.6) is 0 Å². The Kier molecular flexibility index (Phi) is 4.15. The van der Waals surface area contributed by atoms with Gasteiger partial charge in [0.1, 0.15) is 12.2 Å². The first-order valence-electron chi connectivity index (χ1n) is 11.2. The summed E-state index contributed by atoms with van der Waals surface area (Å²) in [4.78, 5) is 0. The van der Waals surface area contributed by atoms with Crippen LogP contribution in [0.15, 0.2) is 0 Å². The van der Waals surface area contributed by atoms with Gasteiger partial charge < -0.3 is 18.9 Å². The van der Waals surface area contributed by atoms with Gasteiger partial charge in [-0.2, -0.15) is 0 Å². The molecule has 2 bridgehead atoms. The van der Waals surface area contributed by atoms with Gasteiger partial charge in [0.15, 0.2) is 0 Å². The van der Waals surface area contributed by atoms with Crippen molar-refractivity contribution in [2.24, 2.45) is 53.3 Å². The molecule has 0 aromatic heterocycles. The largest absolute Gasteiger partial charge is 0.378 e. The van der Waals surface area contributed by atoms with Crippen molar-refractivity contribution in [2.45, 2.75) is 44.8 Å². The first-order valence-corrected chi connectivity index (χ1v) is 11.2. The molecule has 6 aliphatic rings. The third-order valence-corrected chi connectivity index (χ3v) is 9.03. The van der Waals surface area contributed by atoms with Crippen LogP contribution in [0.25, 0.3) is 0 Å². The van der Waals surface area contributed by atoms with E-state index in [-0.39, 0.29) is 0 Å². The molecule has 6 rings (SSSR count). The van der Waals surface area contributed by atoms with E-state index in [4.69, 9.17) is 18.9 Å². The van der Waals surface area contributed by atoms with Crippen molar-refractivity contribution in [3.8, 4) is 0 Å². The van der Waals surface area contributed by atoms with Crippen molar-refractivity contribution in [2.75, 3.05) is 39.6 Å². The lowest BCUT2D eigenvalue weighted by Crippen LogP contribution is -2.43. The summed E-state index contributed by atoms with van der Waals surface area (Å²) < 4.78 is 23.0. The average molecular weight is 363 g/mol. The van der Waals surface area contributed by atoms with Gasteiger partial charge in [-0.1, -0.05) is 13.3 Å². The monoisotopic (exact) mass is 362 g/mol. The van der Waals surface area contributed by atoms with Gasteiger partial charge in [0.2, 0.25) is 0 Å². The molecule has 0 amide bonds. The molecule has 2 saturated heterocycles. The fourth-order valence-corrected chi connectivity index (χ4v) is 8.03. The maximum absolute atomic E-state index is 6.16. The first-order chi connectivity index (χ1) is 12.8. The fraction of sp³-hybridized carbons (Fsp3) is 1.00. The molecular formula is C22H34O4. The van der Waals surface area contributed by atoms with E-state index in [1.54, 1.807) is 6.42 Å². The molecule has 11 unspecified atom stereocenters. The summed E-state index contributed by atoms with van der Waals surface area (Å²) in [6.45, 7) is 7.69. The first kappa shape index (κ1) is 16.8. The molecule has 2 aliphatic heterocycles. The van der Waals surface area contributed by atoms with Crippen LogP contribution < -0.4 is 0 Å². The van der Waals surface area contributed by atoms with Crippen LogP contribution >= 0.6 is 0 Å². The van der Waals surface area contributed by atoms with Gasteiger partial charge in [-0.15, -0.1) is 0 Å². The summed E-state index contributed by atoms with van der Waals surface area (Å²) in [7, 11) is 0. The summed E-state index contributed by atoms with van der Waals surface area (Å²) in [6.07, 6.45) is 6.59. The molecular weight excluding hydrogens is 328 g/mol. The highest BCUT2D eigenvalue weighted by Gasteiger charge is 2.66. The molecule has 0 radical (unpaired) electrons. The molecule has 0 spiro atoms. The number of rotatable bonds is 9. The lowest BCUT2D eigenvalue weighted by molar-refractivity contribution is -0.0532. The van der Waals surface area contributed by atoms with Gasteiger partial charge in [-0.3, -0.25) is 0 Å². The second-order valence-corrected chi connectivity index (χ2v) is 10.1. The molecule has 4 aliphatic carbocycles. The zero-order valence-electron chi connectivity index (χ0n) is 16.1. The molecule has 11 atom stereocenters. The highest BCUT2D eigenvalue weighted by atomic mass is 16.6. The quantitative estimate of drug-likeness (QED) is 0.592. The lowest BCUT2D eigenvalue weighted by atomic mass is 9.60. The Balaban J connectivity index is 1.18. The molecule has 146 valence electrons. The smallest absolute Gasteiger partial charge is 0.104 e. The van der Waals surface area contributed by atoms with Crippen LogP contribution in [-0.4, -0.2) is 51.8 Å². The minimum Gasteiger partial charge on any atom is -0.378 e. The van der Waals surface area contributed by atoms with Gasteiger partial charge in [0, 0.05) is 6.61 Å². The normalized spacial score (nSPS) is 55.5. The minimum absolute atomic E-state index is 0.382. The van der Waals surface area contributed by atoms with Crippen LogP contribution in [-0.2, 0) is 18.9 Å². The Morgan fingerprint density at radius 2 is 1.31 bits per heavy atom. The summed E-state index contributed by atoms with van der Waals surface area (Å²) >= 11 is 0. The molecule has 4 heteroatoms. The average Bonchev–Trinajstić information content (AvgIpc) is 3.54. The van der Waals surface area contributed by atoms with E-state index < -0.39 is 0 Å². The Morgan fingerprint density at radius 1 is 0.692 bits per heavy atom. The number of epoxide rings is 2. The van der Waals surface area contributed by atoms with Gasteiger partial charge in [0.05, 0.1) is 33.0 Å². The van der Waals surface area contributed by atoms with E-state index in [1.807, 2.05) is 0 Å². The van der Waals surface area contributed by atoms with Gasteiger partial charge in [-0.05, 0) is 72.5 Å². The molecule has 4 saturated carbocycles. The molecule has 26 heavy (non-hydrogen) atoms. The maximum Gasteiger partial charge on any atom is 0.104 e. The van der Waals surface area contributed by atoms with Crippen LogP contribution in [0.4, 0.5) is 0 Å². The maximum atomic E-state index is 6.16. The van der Waals surface area contributed by atoms with Crippen molar-refractivity contribution in [3.05, 3.63) is 0 Å². The van der Waals surface area contributed by atoms with Crippen molar-refractivity contribution >= 4 is 0 Å². The van der Waals surface area contributed by atoms with Crippen molar-refractivity contribution in [1.82, 2.24) is 0 Å². The summed E-state index contributed by atoms with van der Waals surface area (Å²) in [5.41, 5.74) is 0. The molecule has 4 nitrogen and oxygen atoms in total. The Hall–Kier alpha value is -0.160. The van der Waals surface area contributed by atoms with Crippen LogP contribution in [0, 0.1) is 53.3 Å². The van der Waals surface area contributed by atoms with E-state index in [0.29, 0.717) is 24.0 Å². The Morgan fingerprint density at radius 3 is 1.96 bits per heavy atom. The van der Waals surface area contributed by atoms with Crippen LogP contribution in [0.3, 0.4) is 0 Å². The summed E-state index contributed by atoms with van der Waals surface area (Å²) in [6, 6.07) is 0. The predicted octanol–water partition coefficient (Wildman–Crippen LogP) is 3.00. The second kappa shape index (κ2) is 6.43. The standard InChI is InChI=1S/C22H34O4/c1-2-15-16-4-19-17(15)5-20-21(11-24-8-14-10-26-14)12(3-18(16)22(19)20)6-23-7-13-9-25-13/h12-22H,2-11H2,1H3. The highest BCUT2D eigenvalue weighted by molar-refractivity contribution is 5.14. The number of fused-ring (bicyclic) bond motifs is 2. The highest BCUT2D eigenvalue weighted by Crippen LogP contribution is 2.72. The lowest BCUT2D eigenvalue weighted by Gasteiger charge is -2.46. The van der Waals surface area contributed by atoms with Crippen molar-refractivity contribution < 1.29 is 18.9 Å². The van der Waals surface area contributed by atoms with E-state index >= 15 is 0 Å². The number of hydrogen-bond donors (Lipinski definition) is 0. The van der Waals surface area contributed by atoms with Crippen molar-refractivity contribution in [3.63, 3.8) is 0 Å². The Labute approximate surface area is 157 Å². The van der Waals surface area contributed by atoms with Crippen LogP contribution in [0.2, 0.25) is 0 Å². The third-order valence-electron chi connectivity index (χ3n) is 9.03. The zero-order chi connectivity index (χ0) is 17.3. The van der Waals surface area contributed by atoms with Gasteiger partial charge in [-0.25, -0.2) is 0 Å². The van der Waals surface area contributed by atoms with Gasteiger partial charge >= 0.3 is 0 Å². The SMILES string of the molecule is CCC1C2CC3C1CC1C(COCC4CO4)C(COCC4CO4)CC2C13.